The lowest BCUT2D eigenvalue weighted by Gasteiger charge is -2.15. The summed E-state index contributed by atoms with van der Waals surface area (Å²) >= 11 is 5.40. The molecule has 1 amide bonds. The lowest BCUT2D eigenvalue weighted by Crippen LogP contribution is -2.34. The average molecular weight is 508 g/mol. The van der Waals surface area contributed by atoms with Crippen molar-refractivity contribution in [3.63, 3.8) is 0 Å². The number of aryl methyl sites for hydroxylation is 1. The Morgan fingerprint density at radius 2 is 1.64 bits per heavy atom. The maximum Gasteiger partial charge on any atom is 0.257 e. The first-order valence-corrected chi connectivity index (χ1v) is 11.3. The second-order valence-electron chi connectivity index (χ2n) is 7.70. The number of benzene rings is 3. The molecule has 3 aromatic carbocycles. The quantitative estimate of drug-likeness (QED) is 0.336. The standard InChI is InChI=1S/C26H25N3O6S/c1-14-6-7-15(25-27-19-13-17(31-2)8-9-20(19)35-25)10-18(14)28-26(36)29-24(30)16-11-21(32-3)23(34-5)22(12-16)33-4/h6-13H,1-5H3,(H2,28,29,30,36). The first-order chi connectivity index (χ1) is 17.4. The summed E-state index contributed by atoms with van der Waals surface area (Å²) in [5, 5.41) is 5.88. The first-order valence-electron chi connectivity index (χ1n) is 10.8. The maximum absolute atomic E-state index is 12.9. The SMILES string of the molecule is COc1ccc2oc(-c3ccc(C)c(NC(=S)NC(=O)c4cc(OC)c(OC)c(OC)c4)c3)nc2c1. The molecular weight excluding hydrogens is 482 g/mol. The van der Waals surface area contributed by atoms with Crippen LogP contribution in [0.2, 0.25) is 0 Å². The molecule has 0 aliphatic carbocycles. The monoisotopic (exact) mass is 507 g/mol. The van der Waals surface area contributed by atoms with Gasteiger partial charge in [-0.1, -0.05) is 6.07 Å². The Morgan fingerprint density at radius 3 is 2.28 bits per heavy atom. The molecule has 0 aliphatic rings. The Balaban J connectivity index is 1.53. The van der Waals surface area contributed by atoms with E-state index in [9.17, 15) is 4.79 Å². The summed E-state index contributed by atoms with van der Waals surface area (Å²) in [6.07, 6.45) is 0. The molecule has 0 saturated heterocycles. The number of aromatic nitrogens is 1. The Kier molecular flexibility index (Phi) is 7.25. The van der Waals surface area contributed by atoms with Crippen LogP contribution >= 0.6 is 12.2 Å². The van der Waals surface area contributed by atoms with Crippen LogP contribution in [0.5, 0.6) is 23.0 Å². The highest BCUT2D eigenvalue weighted by molar-refractivity contribution is 7.80. The number of ether oxygens (including phenoxy) is 4. The highest BCUT2D eigenvalue weighted by atomic mass is 32.1. The number of amides is 1. The van der Waals surface area contributed by atoms with E-state index in [1.807, 2.05) is 43.3 Å². The molecule has 4 aromatic rings. The van der Waals surface area contributed by atoms with Crippen molar-refractivity contribution in [3.05, 3.63) is 59.7 Å². The van der Waals surface area contributed by atoms with Crippen LogP contribution in [0.4, 0.5) is 5.69 Å². The van der Waals surface area contributed by atoms with E-state index in [-0.39, 0.29) is 5.11 Å². The van der Waals surface area contributed by atoms with Gasteiger partial charge in [-0.15, -0.1) is 0 Å². The maximum atomic E-state index is 12.9. The van der Waals surface area contributed by atoms with Gasteiger partial charge in [0.15, 0.2) is 22.2 Å². The summed E-state index contributed by atoms with van der Waals surface area (Å²) in [4.78, 5) is 17.4. The molecule has 0 fully saturated rings. The second-order valence-corrected chi connectivity index (χ2v) is 8.11. The number of hydrogen-bond donors (Lipinski definition) is 2. The van der Waals surface area contributed by atoms with Crippen molar-refractivity contribution in [1.29, 1.82) is 0 Å². The highest BCUT2D eigenvalue weighted by Gasteiger charge is 2.18. The third-order valence-corrected chi connectivity index (χ3v) is 5.69. The zero-order chi connectivity index (χ0) is 25.8. The molecule has 10 heteroatoms. The number of rotatable bonds is 7. The molecule has 0 radical (unpaired) electrons. The Bertz CT molecular complexity index is 1420. The fourth-order valence-corrected chi connectivity index (χ4v) is 3.79. The van der Waals surface area contributed by atoms with Crippen molar-refractivity contribution in [1.82, 2.24) is 10.3 Å². The third kappa shape index (κ3) is 5.03. The van der Waals surface area contributed by atoms with Gasteiger partial charge >= 0.3 is 0 Å². The van der Waals surface area contributed by atoms with Gasteiger partial charge < -0.3 is 28.7 Å². The number of anilines is 1. The molecule has 186 valence electrons. The van der Waals surface area contributed by atoms with Crippen molar-refractivity contribution in [2.75, 3.05) is 33.8 Å². The summed E-state index contributed by atoms with van der Waals surface area (Å²) < 4.78 is 27.1. The number of methoxy groups -OCH3 is 4. The summed E-state index contributed by atoms with van der Waals surface area (Å²) in [6.45, 7) is 1.92. The van der Waals surface area contributed by atoms with Gasteiger partial charge in [0.1, 0.15) is 11.3 Å². The van der Waals surface area contributed by atoms with Crippen molar-refractivity contribution in [2.45, 2.75) is 6.92 Å². The van der Waals surface area contributed by atoms with Crippen LogP contribution in [0, 0.1) is 6.92 Å². The van der Waals surface area contributed by atoms with E-state index in [1.54, 1.807) is 19.2 Å². The van der Waals surface area contributed by atoms with Crippen molar-refractivity contribution in [3.8, 4) is 34.5 Å². The number of carbonyl (C=O) groups is 1. The van der Waals surface area contributed by atoms with Gasteiger partial charge in [-0.3, -0.25) is 10.1 Å². The Morgan fingerprint density at radius 1 is 0.917 bits per heavy atom. The van der Waals surface area contributed by atoms with Crippen LogP contribution in [0.15, 0.2) is 52.9 Å². The minimum absolute atomic E-state index is 0.122. The molecule has 2 N–H and O–H groups in total. The average Bonchev–Trinajstić information content (AvgIpc) is 3.32. The van der Waals surface area contributed by atoms with Gasteiger partial charge in [-0.25, -0.2) is 4.98 Å². The zero-order valence-corrected chi connectivity index (χ0v) is 21.2. The zero-order valence-electron chi connectivity index (χ0n) is 20.4. The summed E-state index contributed by atoms with van der Waals surface area (Å²) in [7, 11) is 6.05. The van der Waals surface area contributed by atoms with Crippen molar-refractivity contribution >= 4 is 40.0 Å². The van der Waals surface area contributed by atoms with Crippen molar-refractivity contribution < 1.29 is 28.2 Å². The molecule has 0 bridgehead atoms. The highest BCUT2D eigenvalue weighted by Crippen LogP contribution is 2.38. The van der Waals surface area contributed by atoms with Gasteiger partial charge in [0.2, 0.25) is 11.6 Å². The van der Waals surface area contributed by atoms with Gasteiger partial charge in [0, 0.05) is 22.9 Å². The minimum atomic E-state index is -0.437. The fraction of sp³-hybridized carbons (Fsp3) is 0.192. The van der Waals surface area contributed by atoms with E-state index in [0.717, 1.165) is 11.1 Å². The van der Waals surface area contributed by atoms with Crippen LogP contribution in [0.1, 0.15) is 15.9 Å². The number of thiocarbonyl (C=S) groups is 1. The normalized spacial score (nSPS) is 10.6. The van der Waals surface area contributed by atoms with E-state index >= 15 is 0 Å². The van der Waals surface area contributed by atoms with Crippen LogP contribution in [-0.2, 0) is 0 Å². The van der Waals surface area contributed by atoms with Crippen LogP contribution < -0.4 is 29.6 Å². The molecule has 1 aromatic heterocycles. The lowest BCUT2D eigenvalue weighted by molar-refractivity contribution is 0.0977. The lowest BCUT2D eigenvalue weighted by atomic mass is 10.1. The van der Waals surface area contributed by atoms with Gasteiger partial charge in [0.25, 0.3) is 5.91 Å². The Labute approximate surface area is 213 Å². The molecule has 0 atom stereocenters. The molecular formula is C26H25N3O6S. The predicted molar refractivity (Wildman–Crippen MR) is 141 cm³/mol. The molecule has 0 aliphatic heterocycles. The van der Waals surface area contributed by atoms with E-state index in [2.05, 4.69) is 15.6 Å². The van der Waals surface area contributed by atoms with Gasteiger partial charge in [-0.05, 0) is 61.1 Å². The molecule has 4 rings (SSSR count). The number of oxazole rings is 1. The molecule has 0 spiro atoms. The molecule has 1 heterocycles. The third-order valence-electron chi connectivity index (χ3n) is 5.48. The van der Waals surface area contributed by atoms with Crippen LogP contribution in [0.3, 0.4) is 0 Å². The van der Waals surface area contributed by atoms with E-state index in [4.69, 9.17) is 35.6 Å². The van der Waals surface area contributed by atoms with Gasteiger partial charge in [0.05, 0.1) is 28.4 Å². The minimum Gasteiger partial charge on any atom is -0.497 e. The number of fused-ring (bicyclic) bond motifs is 1. The number of hydrogen-bond acceptors (Lipinski definition) is 8. The smallest absolute Gasteiger partial charge is 0.257 e. The van der Waals surface area contributed by atoms with E-state index < -0.39 is 5.91 Å². The summed E-state index contributed by atoms with van der Waals surface area (Å²) in [6, 6.07) is 14.2. The number of nitrogens with one attached hydrogen (secondary N) is 2. The molecule has 36 heavy (non-hydrogen) atoms. The van der Waals surface area contributed by atoms with Crippen LogP contribution in [-0.4, -0.2) is 44.4 Å². The second kappa shape index (κ2) is 10.5. The topological polar surface area (TPSA) is 104 Å². The molecule has 0 unspecified atom stereocenters. The van der Waals surface area contributed by atoms with Crippen LogP contribution in [0.25, 0.3) is 22.6 Å². The predicted octanol–water partition coefficient (Wildman–Crippen LogP) is 4.96. The molecule has 0 saturated carbocycles. The van der Waals surface area contributed by atoms with E-state index in [1.165, 1.54) is 21.3 Å². The first kappa shape index (κ1) is 24.8. The van der Waals surface area contributed by atoms with E-state index in [0.29, 0.717) is 51.2 Å². The largest absolute Gasteiger partial charge is 0.497 e. The Hall–Kier alpha value is -4.31. The summed E-state index contributed by atoms with van der Waals surface area (Å²) in [5.74, 6) is 1.83. The number of nitrogens with zero attached hydrogens (tertiary/aromatic N) is 1. The van der Waals surface area contributed by atoms with Gasteiger partial charge in [-0.2, -0.15) is 0 Å². The molecule has 9 nitrogen and oxygen atoms in total. The fourth-order valence-electron chi connectivity index (χ4n) is 3.59. The summed E-state index contributed by atoms with van der Waals surface area (Å²) in [5.41, 5.74) is 3.99. The number of carbonyl (C=O) groups excluding carboxylic acids is 1. The van der Waals surface area contributed by atoms with Crippen molar-refractivity contribution in [2.24, 2.45) is 0 Å².